The zero-order chi connectivity index (χ0) is 19.1. The van der Waals surface area contributed by atoms with E-state index in [9.17, 15) is 0 Å². The topological polar surface area (TPSA) is 43.0 Å². The Bertz CT molecular complexity index is 710. The lowest BCUT2D eigenvalue weighted by Gasteiger charge is -2.32. The molecule has 0 bridgehead atoms. The van der Waals surface area contributed by atoms with E-state index in [2.05, 4.69) is 40.5 Å². The van der Waals surface area contributed by atoms with E-state index >= 15 is 0 Å². The van der Waals surface area contributed by atoms with Crippen LogP contribution >= 0.6 is 0 Å². The van der Waals surface area contributed by atoms with E-state index in [0.29, 0.717) is 6.61 Å². The number of hydrogen-bond donors (Lipinski definition) is 1. The molecule has 1 unspecified atom stereocenters. The Morgan fingerprint density at radius 3 is 2.44 bits per heavy atom. The molecule has 0 spiro atoms. The molecule has 5 nitrogen and oxygen atoms in total. The number of ether oxygens (including phenoxy) is 3. The van der Waals surface area contributed by atoms with Crippen molar-refractivity contribution in [3.05, 3.63) is 53.6 Å². The Morgan fingerprint density at radius 1 is 0.963 bits per heavy atom. The molecule has 27 heavy (non-hydrogen) atoms. The molecule has 2 aromatic rings. The van der Waals surface area contributed by atoms with Crippen LogP contribution in [0.1, 0.15) is 30.5 Å². The molecular formula is C22H30N2O3. The predicted octanol–water partition coefficient (Wildman–Crippen LogP) is 3.49. The third kappa shape index (κ3) is 4.73. The predicted molar refractivity (Wildman–Crippen MR) is 108 cm³/mol. The molecule has 1 aliphatic rings. The van der Waals surface area contributed by atoms with E-state index in [1.54, 1.807) is 14.2 Å². The average molecular weight is 370 g/mol. The molecule has 1 atom stereocenters. The molecule has 3 rings (SSSR count). The van der Waals surface area contributed by atoms with E-state index in [1.165, 1.54) is 5.56 Å². The summed E-state index contributed by atoms with van der Waals surface area (Å²) in [5.74, 6) is 2.62. The Balaban J connectivity index is 2.04. The van der Waals surface area contributed by atoms with Gasteiger partial charge >= 0.3 is 0 Å². The Morgan fingerprint density at radius 2 is 1.74 bits per heavy atom. The fourth-order valence-electron chi connectivity index (χ4n) is 3.68. The monoisotopic (exact) mass is 370 g/mol. The molecule has 0 aromatic heterocycles. The fraction of sp³-hybridized carbons (Fsp3) is 0.455. The molecule has 5 heteroatoms. The summed E-state index contributed by atoms with van der Waals surface area (Å²) in [5.41, 5.74) is 2.36. The minimum atomic E-state index is 0.102. The lowest BCUT2D eigenvalue weighted by atomic mass is 9.95. The average Bonchev–Trinajstić information content (AvgIpc) is 2.99. The first-order valence-corrected chi connectivity index (χ1v) is 9.66. The summed E-state index contributed by atoms with van der Waals surface area (Å²) in [6, 6.07) is 14.6. The van der Waals surface area contributed by atoms with Crippen LogP contribution in [0.4, 0.5) is 0 Å². The van der Waals surface area contributed by atoms with Crippen molar-refractivity contribution < 1.29 is 14.2 Å². The van der Waals surface area contributed by atoms with Crippen molar-refractivity contribution in [2.75, 3.05) is 47.0 Å². The molecule has 1 fully saturated rings. The highest BCUT2D eigenvalue weighted by molar-refractivity contribution is 5.47. The minimum Gasteiger partial charge on any atom is -0.497 e. The summed E-state index contributed by atoms with van der Waals surface area (Å²) >= 11 is 0. The lowest BCUT2D eigenvalue weighted by molar-refractivity contribution is 0.235. The minimum absolute atomic E-state index is 0.102. The summed E-state index contributed by atoms with van der Waals surface area (Å²) in [6.07, 6.45) is 1.12. The summed E-state index contributed by atoms with van der Waals surface area (Å²) in [4.78, 5) is 2.52. The molecular weight excluding hydrogens is 340 g/mol. The van der Waals surface area contributed by atoms with E-state index in [4.69, 9.17) is 14.2 Å². The first kappa shape index (κ1) is 19.5. The molecule has 0 saturated carbocycles. The number of rotatable bonds is 7. The van der Waals surface area contributed by atoms with Gasteiger partial charge in [0.1, 0.15) is 17.2 Å². The molecule has 1 saturated heterocycles. The van der Waals surface area contributed by atoms with E-state index in [1.807, 2.05) is 19.1 Å². The van der Waals surface area contributed by atoms with Crippen LogP contribution in [0.2, 0.25) is 0 Å². The van der Waals surface area contributed by atoms with Crippen LogP contribution in [0.5, 0.6) is 17.2 Å². The van der Waals surface area contributed by atoms with Crippen molar-refractivity contribution in [2.24, 2.45) is 0 Å². The van der Waals surface area contributed by atoms with Crippen LogP contribution in [0.25, 0.3) is 0 Å². The van der Waals surface area contributed by atoms with Gasteiger partial charge < -0.3 is 19.5 Å². The third-order valence-electron chi connectivity index (χ3n) is 4.98. The highest BCUT2D eigenvalue weighted by Gasteiger charge is 2.26. The maximum absolute atomic E-state index is 5.71. The summed E-state index contributed by atoms with van der Waals surface area (Å²) < 4.78 is 16.8. The Kier molecular flexibility index (Phi) is 6.96. The van der Waals surface area contributed by atoms with Crippen LogP contribution < -0.4 is 19.5 Å². The second-order valence-electron chi connectivity index (χ2n) is 6.65. The van der Waals surface area contributed by atoms with Crippen molar-refractivity contribution in [1.82, 2.24) is 10.2 Å². The van der Waals surface area contributed by atoms with Gasteiger partial charge in [0.05, 0.1) is 26.9 Å². The van der Waals surface area contributed by atoms with Crippen molar-refractivity contribution in [3.8, 4) is 17.2 Å². The van der Waals surface area contributed by atoms with Gasteiger partial charge in [0.2, 0.25) is 0 Å². The largest absolute Gasteiger partial charge is 0.497 e. The van der Waals surface area contributed by atoms with Crippen LogP contribution in [0, 0.1) is 0 Å². The van der Waals surface area contributed by atoms with Crippen molar-refractivity contribution in [3.63, 3.8) is 0 Å². The van der Waals surface area contributed by atoms with Gasteiger partial charge in [-0.05, 0) is 55.8 Å². The lowest BCUT2D eigenvalue weighted by Crippen LogP contribution is -2.33. The SMILES string of the molecule is CCOc1ccc(C(c2cc(OC)ccc2OC)N2CCCNCC2)cc1. The number of nitrogens with one attached hydrogen (secondary N) is 1. The fourth-order valence-corrected chi connectivity index (χ4v) is 3.68. The molecule has 0 amide bonds. The summed E-state index contributed by atoms with van der Waals surface area (Å²) in [6.45, 7) is 6.73. The molecule has 1 heterocycles. The van der Waals surface area contributed by atoms with Gasteiger partial charge in [-0.3, -0.25) is 4.90 Å². The standard InChI is InChI=1S/C22H30N2O3/c1-4-27-18-8-6-17(7-9-18)22(24-14-5-12-23-13-15-24)20-16-19(25-2)10-11-21(20)26-3/h6-11,16,22-23H,4-5,12-15H2,1-3H3. The maximum Gasteiger partial charge on any atom is 0.124 e. The van der Waals surface area contributed by atoms with Crippen molar-refractivity contribution in [1.29, 1.82) is 0 Å². The second-order valence-corrected chi connectivity index (χ2v) is 6.65. The normalized spacial score (nSPS) is 16.4. The van der Waals surface area contributed by atoms with E-state index in [0.717, 1.165) is 55.4 Å². The smallest absolute Gasteiger partial charge is 0.124 e. The number of benzene rings is 2. The van der Waals surface area contributed by atoms with Crippen LogP contribution in [0.3, 0.4) is 0 Å². The maximum atomic E-state index is 5.71. The van der Waals surface area contributed by atoms with Crippen molar-refractivity contribution >= 4 is 0 Å². The third-order valence-corrected chi connectivity index (χ3v) is 4.98. The second kappa shape index (κ2) is 9.62. The van der Waals surface area contributed by atoms with E-state index in [-0.39, 0.29) is 6.04 Å². The van der Waals surface area contributed by atoms with Gasteiger partial charge in [-0.15, -0.1) is 0 Å². The first-order chi connectivity index (χ1) is 13.3. The van der Waals surface area contributed by atoms with E-state index < -0.39 is 0 Å². The molecule has 2 aromatic carbocycles. The van der Waals surface area contributed by atoms with Gasteiger partial charge in [-0.25, -0.2) is 0 Å². The highest BCUT2D eigenvalue weighted by Crippen LogP contribution is 2.37. The molecule has 146 valence electrons. The molecule has 1 N–H and O–H groups in total. The zero-order valence-electron chi connectivity index (χ0n) is 16.5. The van der Waals surface area contributed by atoms with Gasteiger partial charge in [0.25, 0.3) is 0 Å². The van der Waals surface area contributed by atoms with Gasteiger partial charge in [0.15, 0.2) is 0 Å². The van der Waals surface area contributed by atoms with Crippen LogP contribution in [-0.4, -0.2) is 51.9 Å². The molecule has 1 aliphatic heterocycles. The van der Waals surface area contributed by atoms with Gasteiger partial charge in [0, 0.05) is 25.2 Å². The Labute approximate surface area is 162 Å². The number of nitrogens with zero attached hydrogens (tertiary/aromatic N) is 1. The van der Waals surface area contributed by atoms with Crippen LogP contribution in [0.15, 0.2) is 42.5 Å². The van der Waals surface area contributed by atoms with Gasteiger partial charge in [-0.1, -0.05) is 12.1 Å². The quantitative estimate of drug-likeness (QED) is 0.808. The highest BCUT2D eigenvalue weighted by atomic mass is 16.5. The zero-order valence-corrected chi connectivity index (χ0v) is 16.5. The first-order valence-electron chi connectivity index (χ1n) is 9.66. The molecule has 0 aliphatic carbocycles. The van der Waals surface area contributed by atoms with Crippen molar-refractivity contribution in [2.45, 2.75) is 19.4 Å². The summed E-state index contributed by atoms with van der Waals surface area (Å²) in [7, 11) is 3.43. The number of methoxy groups -OCH3 is 2. The molecule has 0 radical (unpaired) electrons. The summed E-state index contributed by atoms with van der Waals surface area (Å²) in [5, 5.41) is 3.49. The van der Waals surface area contributed by atoms with Gasteiger partial charge in [-0.2, -0.15) is 0 Å². The number of hydrogen-bond acceptors (Lipinski definition) is 5. The Hall–Kier alpha value is -2.24. The van der Waals surface area contributed by atoms with Crippen LogP contribution in [-0.2, 0) is 0 Å².